The molecule has 1 amide bonds. The number of rotatable bonds is 8. The number of hydrogen-bond acceptors (Lipinski definition) is 6. The van der Waals surface area contributed by atoms with Crippen LogP contribution in [-0.4, -0.2) is 71.3 Å². The summed E-state index contributed by atoms with van der Waals surface area (Å²) in [5, 5.41) is 2.99. The molecule has 2 N–H and O–H groups in total. The lowest BCUT2D eigenvalue weighted by molar-refractivity contribution is 0.00166. The number of amides is 1. The minimum atomic E-state index is -3.98. The molecule has 2 aromatic carbocycles. The van der Waals surface area contributed by atoms with E-state index in [4.69, 9.17) is 9.47 Å². The van der Waals surface area contributed by atoms with Gasteiger partial charge in [-0.2, -0.15) is 0 Å². The highest BCUT2D eigenvalue weighted by molar-refractivity contribution is 7.92. The zero-order valence-corrected chi connectivity index (χ0v) is 19.0. The summed E-state index contributed by atoms with van der Waals surface area (Å²) in [6, 6.07) is 11.3. The number of hydrogen-bond donors (Lipinski definition) is 2. The number of carbonyl (C=O) groups excluding carboxylic acids is 1. The third kappa shape index (κ3) is 5.89. The number of ether oxygens (including phenoxy) is 2. The number of benzene rings is 2. The molecule has 2 saturated heterocycles. The molecule has 33 heavy (non-hydrogen) atoms. The fraction of sp³-hybridized carbons (Fsp3) is 0.435. The maximum Gasteiger partial charge on any atom is 0.261 e. The Balaban J connectivity index is 1.39. The lowest BCUT2D eigenvalue weighted by atomic mass is 9.96. The second-order valence-corrected chi connectivity index (χ2v) is 9.84. The van der Waals surface area contributed by atoms with E-state index in [0.29, 0.717) is 37.8 Å². The van der Waals surface area contributed by atoms with Gasteiger partial charge in [0.05, 0.1) is 30.4 Å². The lowest BCUT2D eigenvalue weighted by Gasteiger charge is -2.37. The molecule has 2 atom stereocenters. The van der Waals surface area contributed by atoms with Gasteiger partial charge in [0.2, 0.25) is 0 Å². The minimum Gasteiger partial charge on any atom is -0.381 e. The first-order valence-electron chi connectivity index (χ1n) is 11.0. The van der Waals surface area contributed by atoms with E-state index in [-0.39, 0.29) is 22.5 Å². The molecule has 0 saturated carbocycles. The van der Waals surface area contributed by atoms with Crippen LogP contribution in [0.2, 0.25) is 0 Å². The van der Waals surface area contributed by atoms with Crippen molar-refractivity contribution in [3.05, 3.63) is 59.9 Å². The van der Waals surface area contributed by atoms with E-state index < -0.39 is 15.8 Å². The van der Waals surface area contributed by atoms with Gasteiger partial charge in [0, 0.05) is 43.8 Å². The first-order valence-corrected chi connectivity index (χ1v) is 12.5. The van der Waals surface area contributed by atoms with E-state index in [0.717, 1.165) is 26.1 Å². The van der Waals surface area contributed by atoms with Crippen LogP contribution in [0.1, 0.15) is 16.8 Å². The normalized spacial score (nSPS) is 20.3. The highest BCUT2D eigenvalue weighted by Crippen LogP contribution is 2.22. The summed E-state index contributed by atoms with van der Waals surface area (Å²) in [5.74, 6) is -0.599. The van der Waals surface area contributed by atoms with Crippen LogP contribution in [0.25, 0.3) is 0 Å². The van der Waals surface area contributed by atoms with Gasteiger partial charge in [0.1, 0.15) is 5.82 Å². The van der Waals surface area contributed by atoms with Crippen molar-refractivity contribution in [3.8, 4) is 0 Å². The fourth-order valence-corrected chi connectivity index (χ4v) is 5.26. The van der Waals surface area contributed by atoms with Gasteiger partial charge in [-0.1, -0.05) is 12.1 Å². The zero-order chi connectivity index (χ0) is 23.3. The molecule has 0 spiro atoms. The Bertz CT molecular complexity index is 1050. The Morgan fingerprint density at radius 2 is 1.79 bits per heavy atom. The van der Waals surface area contributed by atoms with Gasteiger partial charge in [-0.3, -0.25) is 14.4 Å². The number of carbonyl (C=O) groups is 1. The largest absolute Gasteiger partial charge is 0.381 e. The molecule has 8 nitrogen and oxygen atoms in total. The van der Waals surface area contributed by atoms with Crippen molar-refractivity contribution in [1.82, 2.24) is 10.2 Å². The molecule has 178 valence electrons. The van der Waals surface area contributed by atoms with E-state index in [1.54, 1.807) is 0 Å². The zero-order valence-electron chi connectivity index (χ0n) is 18.2. The molecule has 0 aliphatic carbocycles. The number of nitrogens with one attached hydrogen (secondary N) is 2. The average Bonchev–Trinajstić information content (AvgIpc) is 3.36. The maximum atomic E-state index is 13.8. The molecular formula is C23H28FN3O5S. The van der Waals surface area contributed by atoms with Crippen molar-refractivity contribution < 1.29 is 27.1 Å². The van der Waals surface area contributed by atoms with Crippen LogP contribution >= 0.6 is 0 Å². The van der Waals surface area contributed by atoms with E-state index in [1.165, 1.54) is 48.5 Å². The average molecular weight is 478 g/mol. The number of anilines is 1. The molecular weight excluding hydrogens is 449 g/mol. The molecule has 2 aliphatic heterocycles. The number of morpholine rings is 1. The summed E-state index contributed by atoms with van der Waals surface area (Å²) in [7, 11) is -3.98. The number of nitrogens with zero attached hydrogens (tertiary/aromatic N) is 1. The first-order chi connectivity index (χ1) is 15.9. The monoisotopic (exact) mass is 477 g/mol. The topological polar surface area (TPSA) is 97.0 Å². The SMILES string of the molecule is O=C(NCC(C1CCOC1)N1CCOCC1)c1ccc(S(=O)(=O)Nc2ccccc2F)cc1. The predicted molar refractivity (Wildman–Crippen MR) is 121 cm³/mol. The van der Waals surface area contributed by atoms with Crippen molar-refractivity contribution in [3.63, 3.8) is 0 Å². The third-order valence-corrected chi connectivity index (χ3v) is 7.42. The summed E-state index contributed by atoms with van der Waals surface area (Å²) < 4.78 is 52.2. The minimum absolute atomic E-state index is 0.0587. The second-order valence-electron chi connectivity index (χ2n) is 8.16. The molecule has 2 aromatic rings. The van der Waals surface area contributed by atoms with Crippen molar-refractivity contribution >= 4 is 21.6 Å². The van der Waals surface area contributed by atoms with Gasteiger partial charge in [-0.05, 0) is 42.8 Å². The summed E-state index contributed by atoms with van der Waals surface area (Å²) in [6.07, 6.45) is 0.958. The molecule has 0 radical (unpaired) electrons. The third-order valence-electron chi connectivity index (χ3n) is 6.04. The summed E-state index contributed by atoms with van der Waals surface area (Å²) in [6.45, 7) is 4.87. The quantitative estimate of drug-likeness (QED) is 0.605. The highest BCUT2D eigenvalue weighted by atomic mass is 32.2. The molecule has 2 fully saturated rings. The summed E-state index contributed by atoms with van der Waals surface area (Å²) >= 11 is 0. The van der Waals surface area contributed by atoms with Crippen LogP contribution in [0.15, 0.2) is 53.4 Å². The Morgan fingerprint density at radius 1 is 1.06 bits per heavy atom. The number of halogens is 1. The van der Waals surface area contributed by atoms with Crippen molar-refractivity contribution in [1.29, 1.82) is 0 Å². The van der Waals surface area contributed by atoms with Crippen LogP contribution in [0.5, 0.6) is 0 Å². The van der Waals surface area contributed by atoms with Gasteiger partial charge < -0.3 is 14.8 Å². The highest BCUT2D eigenvalue weighted by Gasteiger charge is 2.31. The van der Waals surface area contributed by atoms with Crippen LogP contribution in [0.4, 0.5) is 10.1 Å². The Hall–Kier alpha value is -2.53. The Labute approximate surface area is 193 Å². The van der Waals surface area contributed by atoms with Crippen LogP contribution in [-0.2, 0) is 19.5 Å². The van der Waals surface area contributed by atoms with Gasteiger partial charge >= 0.3 is 0 Å². The van der Waals surface area contributed by atoms with Crippen molar-refractivity contribution in [2.24, 2.45) is 5.92 Å². The molecule has 0 aromatic heterocycles. The number of sulfonamides is 1. The second kappa shape index (κ2) is 10.6. The van der Waals surface area contributed by atoms with Gasteiger partial charge in [0.25, 0.3) is 15.9 Å². The smallest absolute Gasteiger partial charge is 0.261 e. The number of para-hydroxylation sites is 1. The van der Waals surface area contributed by atoms with Gasteiger partial charge in [0.15, 0.2) is 0 Å². The predicted octanol–water partition coefficient (Wildman–Crippen LogP) is 2.09. The summed E-state index contributed by atoms with van der Waals surface area (Å²) in [5.41, 5.74) is 0.215. The molecule has 10 heteroatoms. The summed E-state index contributed by atoms with van der Waals surface area (Å²) in [4.78, 5) is 15.0. The van der Waals surface area contributed by atoms with Crippen molar-refractivity contribution in [2.75, 3.05) is 50.8 Å². The van der Waals surface area contributed by atoms with Crippen molar-refractivity contribution in [2.45, 2.75) is 17.4 Å². The standard InChI is InChI=1S/C23H28FN3O5S/c24-20-3-1-2-4-21(20)26-33(29,30)19-7-5-17(6-8-19)23(28)25-15-22(18-9-12-32-16-18)27-10-13-31-14-11-27/h1-8,18,22,26H,9-16H2,(H,25,28). The van der Waals surface area contributed by atoms with E-state index in [1.807, 2.05) is 0 Å². The van der Waals surface area contributed by atoms with Crippen LogP contribution < -0.4 is 10.0 Å². The van der Waals surface area contributed by atoms with Gasteiger partial charge in [-0.15, -0.1) is 0 Å². The molecule has 0 bridgehead atoms. The first kappa shape index (κ1) is 23.6. The molecule has 2 heterocycles. The molecule has 2 unspecified atom stereocenters. The fourth-order valence-electron chi connectivity index (χ4n) is 4.19. The van der Waals surface area contributed by atoms with E-state index in [2.05, 4.69) is 14.9 Å². The maximum absolute atomic E-state index is 13.8. The van der Waals surface area contributed by atoms with E-state index >= 15 is 0 Å². The lowest BCUT2D eigenvalue weighted by Crippen LogP contribution is -2.52. The Kier molecular flexibility index (Phi) is 7.59. The Morgan fingerprint density at radius 3 is 2.45 bits per heavy atom. The van der Waals surface area contributed by atoms with E-state index in [9.17, 15) is 17.6 Å². The van der Waals surface area contributed by atoms with Crippen LogP contribution in [0.3, 0.4) is 0 Å². The molecule has 4 rings (SSSR count). The van der Waals surface area contributed by atoms with Crippen LogP contribution in [0, 0.1) is 11.7 Å². The van der Waals surface area contributed by atoms with Gasteiger partial charge in [-0.25, -0.2) is 12.8 Å². The molecule has 2 aliphatic rings.